The molecule has 1 heterocycles. The third-order valence-electron chi connectivity index (χ3n) is 2.86. The van der Waals surface area contributed by atoms with Crippen LogP contribution < -0.4 is 5.32 Å². The molecule has 2 aromatic rings. The van der Waals surface area contributed by atoms with E-state index in [1.54, 1.807) is 6.20 Å². The van der Waals surface area contributed by atoms with Crippen molar-refractivity contribution >= 4 is 15.9 Å². The van der Waals surface area contributed by atoms with Crippen molar-refractivity contribution in [3.8, 4) is 0 Å². The molecule has 1 N–H and O–H groups in total. The Morgan fingerprint density at radius 3 is 2.94 bits per heavy atom. The van der Waals surface area contributed by atoms with Gasteiger partial charge in [-0.2, -0.15) is 0 Å². The molecule has 18 heavy (non-hydrogen) atoms. The number of aryl methyl sites for hydroxylation is 1. The molecule has 0 saturated heterocycles. The lowest BCUT2D eigenvalue weighted by Gasteiger charge is -2.15. The summed E-state index contributed by atoms with van der Waals surface area (Å²) in [4.78, 5) is 0. The van der Waals surface area contributed by atoms with E-state index in [0.29, 0.717) is 6.04 Å². The zero-order valence-electron chi connectivity index (χ0n) is 10.4. The van der Waals surface area contributed by atoms with Gasteiger partial charge in [0.2, 0.25) is 0 Å². The van der Waals surface area contributed by atoms with Crippen LogP contribution in [0.25, 0.3) is 0 Å². The Balaban J connectivity index is 1.75. The van der Waals surface area contributed by atoms with Crippen molar-refractivity contribution in [2.45, 2.75) is 25.9 Å². The van der Waals surface area contributed by atoms with Crippen molar-refractivity contribution in [1.29, 1.82) is 0 Å². The van der Waals surface area contributed by atoms with E-state index in [1.807, 2.05) is 16.9 Å². The number of aromatic nitrogens is 3. The highest BCUT2D eigenvalue weighted by Crippen LogP contribution is 2.22. The van der Waals surface area contributed by atoms with E-state index in [0.717, 1.165) is 24.0 Å². The zero-order chi connectivity index (χ0) is 12.8. The Hall–Kier alpha value is -1.20. The van der Waals surface area contributed by atoms with Gasteiger partial charge in [0.25, 0.3) is 0 Å². The minimum Gasteiger partial charge on any atom is -0.310 e. The number of halogens is 1. The summed E-state index contributed by atoms with van der Waals surface area (Å²) in [6.07, 6.45) is 4.63. The second kappa shape index (κ2) is 6.66. The average Bonchev–Trinajstić information content (AvgIpc) is 2.88. The van der Waals surface area contributed by atoms with E-state index in [2.05, 4.69) is 56.7 Å². The molecule has 0 amide bonds. The van der Waals surface area contributed by atoms with Gasteiger partial charge in [-0.25, -0.2) is 0 Å². The molecule has 1 aromatic carbocycles. The van der Waals surface area contributed by atoms with E-state index >= 15 is 0 Å². The second-order valence-electron chi connectivity index (χ2n) is 4.22. The van der Waals surface area contributed by atoms with Crippen LogP contribution in [0.15, 0.2) is 41.1 Å². The third kappa shape index (κ3) is 3.65. The Morgan fingerprint density at radius 1 is 1.39 bits per heavy atom. The first-order chi connectivity index (χ1) is 8.77. The fraction of sp³-hybridized carbons (Fsp3) is 0.385. The number of hydrogen-bond acceptors (Lipinski definition) is 3. The molecule has 5 heteroatoms. The maximum atomic E-state index is 3.94. The summed E-state index contributed by atoms with van der Waals surface area (Å²) in [5, 5.41) is 11.2. The first kappa shape index (κ1) is 13.2. The van der Waals surface area contributed by atoms with Crippen LogP contribution in [0.4, 0.5) is 0 Å². The molecule has 1 aromatic heterocycles. The van der Waals surface area contributed by atoms with Gasteiger partial charge in [-0.3, -0.25) is 4.68 Å². The van der Waals surface area contributed by atoms with Gasteiger partial charge < -0.3 is 5.32 Å². The van der Waals surface area contributed by atoms with Gasteiger partial charge in [0.05, 0.1) is 6.20 Å². The van der Waals surface area contributed by atoms with Crippen molar-refractivity contribution < 1.29 is 0 Å². The Labute approximate surface area is 116 Å². The lowest BCUT2D eigenvalue weighted by atomic mass is 10.1. The summed E-state index contributed by atoms with van der Waals surface area (Å²) < 4.78 is 3.01. The SMILES string of the molecule is CC(NCCCn1ccnn1)c1ccccc1Br. The summed E-state index contributed by atoms with van der Waals surface area (Å²) >= 11 is 3.57. The highest BCUT2D eigenvalue weighted by atomic mass is 79.9. The fourth-order valence-electron chi connectivity index (χ4n) is 1.85. The number of nitrogens with one attached hydrogen (secondary N) is 1. The summed E-state index contributed by atoms with van der Waals surface area (Å²) in [6.45, 7) is 4.04. The molecule has 1 atom stereocenters. The molecule has 0 radical (unpaired) electrons. The van der Waals surface area contributed by atoms with Crippen molar-refractivity contribution in [2.24, 2.45) is 0 Å². The lowest BCUT2D eigenvalue weighted by Crippen LogP contribution is -2.21. The van der Waals surface area contributed by atoms with Gasteiger partial charge in [0.1, 0.15) is 0 Å². The number of nitrogens with zero attached hydrogens (tertiary/aromatic N) is 3. The maximum absolute atomic E-state index is 3.94. The maximum Gasteiger partial charge on any atom is 0.0692 e. The van der Waals surface area contributed by atoms with E-state index < -0.39 is 0 Å². The molecular formula is C13H17BrN4. The topological polar surface area (TPSA) is 42.7 Å². The van der Waals surface area contributed by atoms with Crippen LogP contribution in [0, 0.1) is 0 Å². The molecule has 1 unspecified atom stereocenters. The van der Waals surface area contributed by atoms with Crippen LogP contribution in [-0.4, -0.2) is 21.5 Å². The Morgan fingerprint density at radius 2 is 2.22 bits per heavy atom. The first-order valence-corrected chi connectivity index (χ1v) is 6.88. The minimum absolute atomic E-state index is 0.344. The Kier molecular flexibility index (Phi) is 4.90. The predicted molar refractivity (Wildman–Crippen MR) is 75.2 cm³/mol. The molecule has 0 spiro atoms. The monoisotopic (exact) mass is 308 g/mol. The van der Waals surface area contributed by atoms with Crippen LogP contribution in [0.5, 0.6) is 0 Å². The summed E-state index contributed by atoms with van der Waals surface area (Å²) in [7, 11) is 0. The molecule has 0 saturated carbocycles. The standard InChI is InChI=1S/C13H17BrN4/c1-11(12-5-2-3-6-13(12)14)15-7-4-9-18-10-8-16-17-18/h2-3,5-6,8,10-11,15H,4,7,9H2,1H3. The smallest absolute Gasteiger partial charge is 0.0692 e. The lowest BCUT2D eigenvalue weighted by molar-refractivity contribution is 0.499. The molecular weight excluding hydrogens is 292 g/mol. The molecule has 4 nitrogen and oxygen atoms in total. The third-order valence-corrected chi connectivity index (χ3v) is 3.58. The highest BCUT2D eigenvalue weighted by molar-refractivity contribution is 9.10. The molecule has 2 rings (SSSR count). The van der Waals surface area contributed by atoms with Crippen molar-refractivity contribution in [2.75, 3.05) is 6.54 Å². The highest BCUT2D eigenvalue weighted by Gasteiger charge is 2.07. The van der Waals surface area contributed by atoms with Gasteiger partial charge >= 0.3 is 0 Å². The molecule has 96 valence electrons. The van der Waals surface area contributed by atoms with Crippen molar-refractivity contribution in [1.82, 2.24) is 20.3 Å². The van der Waals surface area contributed by atoms with Gasteiger partial charge in [-0.1, -0.05) is 39.3 Å². The molecule has 0 aliphatic rings. The molecule has 0 aliphatic heterocycles. The second-order valence-corrected chi connectivity index (χ2v) is 5.07. The number of rotatable bonds is 6. The van der Waals surface area contributed by atoms with Crippen LogP contribution in [-0.2, 0) is 6.54 Å². The first-order valence-electron chi connectivity index (χ1n) is 6.09. The van der Waals surface area contributed by atoms with Crippen LogP contribution in [0.2, 0.25) is 0 Å². The normalized spacial score (nSPS) is 12.6. The van der Waals surface area contributed by atoms with Gasteiger partial charge in [-0.05, 0) is 31.5 Å². The summed E-state index contributed by atoms with van der Waals surface area (Å²) in [6, 6.07) is 8.65. The van der Waals surface area contributed by atoms with E-state index in [9.17, 15) is 0 Å². The quantitative estimate of drug-likeness (QED) is 0.834. The van der Waals surface area contributed by atoms with Crippen molar-refractivity contribution in [3.05, 3.63) is 46.7 Å². The average molecular weight is 309 g/mol. The van der Waals surface area contributed by atoms with Crippen LogP contribution >= 0.6 is 15.9 Å². The van der Waals surface area contributed by atoms with E-state index in [1.165, 1.54) is 5.56 Å². The Bertz CT molecular complexity index is 470. The predicted octanol–water partition coefficient (Wildman–Crippen LogP) is 2.78. The molecule has 0 fully saturated rings. The van der Waals surface area contributed by atoms with Crippen LogP contribution in [0.3, 0.4) is 0 Å². The van der Waals surface area contributed by atoms with Crippen molar-refractivity contribution in [3.63, 3.8) is 0 Å². The largest absolute Gasteiger partial charge is 0.310 e. The fourth-order valence-corrected chi connectivity index (χ4v) is 2.48. The molecule has 0 aliphatic carbocycles. The zero-order valence-corrected chi connectivity index (χ0v) is 12.0. The summed E-state index contributed by atoms with van der Waals surface area (Å²) in [5.74, 6) is 0. The van der Waals surface area contributed by atoms with E-state index in [4.69, 9.17) is 0 Å². The van der Waals surface area contributed by atoms with Crippen LogP contribution in [0.1, 0.15) is 24.9 Å². The molecule has 0 bridgehead atoms. The summed E-state index contributed by atoms with van der Waals surface area (Å²) in [5.41, 5.74) is 1.29. The van der Waals surface area contributed by atoms with E-state index in [-0.39, 0.29) is 0 Å². The minimum atomic E-state index is 0.344. The van der Waals surface area contributed by atoms with Gasteiger partial charge in [0, 0.05) is 23.3 Å². The van der Waals surface area contributed by atoms with Gasteiger partial charge in [-0.15, -0.1) is 5.10 Å². The van der Waals surface area contributed by atoms with Gasteiger partial charge in [0.15, 0.2) is 0 Å². The number of hydrogen-bond donors (Lipinski definition) is 1. The number of benzene rings is 1.